The molecule has 1 rings (SSSR count). The summed E-state index contributed by atoms with van der Waals surface area (Å²) in [7, 11) is 1.65. The lowest BCUT2D eigenvalue weighted by Crippen LogP contribution is -2.20. The number of nitrogens with zero attached hydrogens (tertiary/aromatic N) is 2. The molecule has 0 spiro atoms. The molecular weight excluding hydrogens is 154 g/mol. The van der Waals surface area contributed by atoms with E-state index >= 15 is 0 Å². The van der Waals surface area contributed by atoms with Crippen LogP contribution in [0.3, 0.4) is 0 Å². The number of rotatable bonds is 4. The molecular formula is C8H15N3O. The average molecular weight is 169 g/mol. The van der Waals surface area contributed by atoms with E-state index in [9.17, 15) is 0 Å². The van der Waals surface area contributed by atoms with Crippen molar-refractivity contribution in [3.63, 3.8) is 0 Å². The van der Waals surface area contributed by atoms with Gasteiger partial charge < -0.3 is 10.5 Å². The van der Waals surface area contributed by atoms with Crippen LogP contribution in [0.5, 0.6) is 0 Å². The maximum absolute atomic E-state index is 5.84. The summed E-state index contributed by atoms with van der Waals surface area (Å²) in [6.07, 6.45) is 1.76. The highest BCUT2D eigenvalue weighted by molar-refractivity contribution is 5.06. The molecule has 68 valence electrons. The van der Waals surface area contributed by atoms with E-state index in [1.807, 2.05) is 17.7 Å². The molecule has 12 heavy (non-hydrogen) atoms. The summed E-state index contributed by atoms with van der Waals surface area (Å²) in [5, 5.41) is 4.12. The van der Waals surface area contributed by atoms with Crippen LogP contribution in [0.25, 0.3) is 0 Å². The van der Waals surface area contributed by atoms with Gasteiger partial charge in [0, 0.05) is 19.9 Å². The summed E-state index contributed by atoms with van der Waals surface area (Å²) < 4.78 is 6.84. The molecule has 0 fully saturated rings. The lowest BCUT2D eigenvalue weighted by molar-refractivity contribution is 0.178. The minimum atomic E-state index is -0.0718. The Hall–Kier alpha value is -0.870. The summed E-state index contributed by atoms with van der Waals surface area (Å²) >= 11 is 0. The van der Waals surface area contributed by atoms with Gasteiger partial charge in [0.05, 0.1) is 18.3 Å². The molecule has 1 heterocycles. The first-order valence-electron chi connectivity index (χ1n) is 4.05. The standard InChI is InChI=1S/C8H15N3O/c1-3-11-8(4-5-10-11)7(9)6-12-2/h4-5,7H,3,6,9H2,1-2H3. The van der Waals surface area contributed by atoms with E-state index in [0.29, 0.717) is 6.61 Å². The molecule has 0 aliphatic heterocycles. The first-order chi connectivity index (χ1) is 5.79. The van der Waals surface area contributed by atoms with Crippen LogP contribution in [0, 0.1) is 0 Å². The monoisotopic (exact) mass is 169 g/mol. The zero-order chi connectivity index (χ0) is 8.97. The Balaban J connectivity index is 2.71. The molecule has 0 aromatic carbocycles. The molecule has 1 unspecified atom stereocenters. The Kier molecular flexibility index (Phi) is 3.25. The number of hydrogen-bond donors (Lipinski definition) is 1. The summed E-state index contributed by atoms with van der Waals surface area (Å²) in [5.41, 5.74) is 6.87. The van der Waals surface area contributed by atoms with Gasteiger partial charge in [-0.1, -0.05) is 0 Å². The molecule has 1 aromatic heterocycles. The van der Waals surface area contributed by atoms with Crippen LogP contribution >= 0.6 is 0 Å². The second-order valence-electron chi connectivity index (χ2n) is 2.63. The highest BCUT2D eigenvalue weighted by atomic mass is 16.5. The van der Waals surface area contributed by atoms with Crippen LogP contribution in [0.4, 0.5) is 0 Å². The van der Waals surface area contributed by atoms with Gasteiger partial charge in [0.1, 0.15) is 0 Å². The average Bonchev–Trinajstić information content (AvgIpc) is 2.51. The Labute approximate surface area is 72.3 Å². The maximum atomic E-state index is 5.84. The SMILES string of the molecule is CCn1nccc1C(N)COC. The highest BCUT2D eigenvalue weighted by Gasteiger charge is 2.09. The van der Waals surface area contributed by atoms with Crippen molar-refractivity contribution < 1.29 is 4.74 Å². The van der Waals surface area contributed by atoms with Gasteiger partial charge in [0.25, 0.3) is 0 Å². The lowest BCUT2D eigenvalue weighted by atomic mass is 10.2. The third-order valence-electron chi connectivity index (χ3n) is 1.78. The van der Waals surface area contributed by atoms with Crippen molar-refractivity contribution in [2.24, 2.45) is 5.73 Å². The second kappa shape index (κ2) is 4.23. The first-order valence-corrected chi connectivity index (χ1v) is 4.05. The normalized spacial score (nSPS) is 13.2. The second-order valence-corrected chi connectivity index (χ2v) is 2.63. The minimum Gasteiger partial charge on any atom is -0.383 e. The molecule has 4 heteroatoms. The predicted octanol–water partition coefficient (Wildman–Crippen LogP) is 0.549. The topological polar surface area (TPSA) is 53.1 Å². The fourth-order valence-corrected chi connectivity index (χ4v) is 1.19. The predicted molar refractivity (Wildman–Crippen MR) is 46.7 cm³/mol. The molecule has 0 aliphatic carbocycles. The first kappa shape index (κ1) is 9.22. The van der Waals surface area contributed by atoms with Gasteiger partial charge in [-0.05, 0) is 13.0 Å². The molecule has 4 nitrogen and oxygen atoms in total. The van der Waals surface area contributed by atoms with Crippen LogP contribution in [-0.4, -0.2) is 23.5 Å². The van der Waals surface area contributed by atoms with Gasteiger partial charge >= 0.3 is 0 Å². The van der Waals surface area contributed by atoms with Gasteiger partial charge in [-0.3, -0.25) is 4.68 Å². The van der Waals surface area contributed by atoms with Crippen molar-refractivity contribution in [3.8, 4) is 0 Å². The maximum Gasteiger partial charge on any atom is 0.0704 e. The Morgan fingerprint density at radius 2 is 2.50 bits per heavy atom. The van der Waals surface area contributed by atoms with Gasteiger partial charge in [-0.2, -0.15) is 5.10 Å². The number of ether oxygens (including phenoxy) is 1. The molecule has 0 saturated heterocycles. The highest BCUT2D eigenvalue weighted by Crippen LogP contribution is 2.09. The molecule has 1 atom stereocenters. The molecule has 0 aliphatic rings. The van der Waals surface area contributed by atoms with E-state index in [0.717, 1.165) is 12.2 Å². The van der Waals surface area contributed by atoms with E-state index in [-0.39, 0.29) is 6.04 Å². The molecule has 0 saturated carbocycles. The van der Waals surface area contributed by atoms with Crippen molar-refractivity contribution in [2.75, 3.05) is 13.7 Å². The Morgan fingerprint density at radius 3 is 3.08 bits per heavy atom. The molecule has 0 amide bonds. The molecule has 1 aromatic rings. The lowest BCUT2D eigenvalue weighted by Gasteiger charge is -2.11. The third-order valence-corrected chi connectivity index (χ3v) is 1.78. The molecule has 0 radical (unpaired) electrons. The number of methoxy groups -OCH3 is 1. The van der Waals surface area contributed by atoms with Crippen LogP contribution < -0.4 is 5.73 Å². The van der Waals surface area contributed by atoms with Gasteiger partial charge in [-0.25, -0.2) is 0 Å². The van der Waals surface area contributed by atoms with E-state index in [1.54, 1.807) is 13.3 Å². The summed E-state index contributed by atoms with van der Waals surface area (Å²) in [6, 6.07) is 1.85. The van der Waals surface area contributed by atoms with Gasteiger partial charge in [0.2, 0.25) is 0 Å². The largest absolute Gasteiger partial charge is 0.383 e. The number of aromatic nitrogens is 2. The van der Waals surface area contributed by atoms with Crippen LogP contribution in [0.1, 0.15) is 18.7 Å². The van der Waals surface area contributed by atoms with Crippen molar-refractivity contribution >= 4 is 0 Å². The van der Waals surface area contributed by atoms with Crippen molar-refractivity contribution in [2.45, 2.75) is 19.5 Å². The van der Waals surface area contributed by atoms with Crippen LogP contribution in [0.2, 0.25) is 0 Å². The third kappa shape index (κ3) is 1.84. The fraction of sp³-hybridized carbons (Fsp3) is 0.625. The van der Waals surface area contributed by atoms with E-state index in [4.69, 9.17) is 10.5 Å². The minimum absolute atomic E-state index is 0.0718. The van der Waals surface area contributed by atoms with Gasteiger partial charge in [-0.15, -0.1) is 0 Å². The summed E-state index contributed by atoms with van der Waals surface area (Å²) in [4.78, 5) is 0. The van der Waals surface area contributed by atoms with E-state index in [1.165, 1.54) is 0 Å². The molecule has 2 N–H and O–H groups in total. The smallest absolute Gasteiger partial charge is 0.0704 e. The van der Waals surface area contributed by atoms with Gasteiger partial charge in [0.15, 0.2) is 0 Å². The summed E-state index contributed by atoms with van der Waals surface area (Å²) in [5.74, 6) is 0. The van der Waals surface area contributed by atoms with Crippen molar-refractivity contribution in [3.05, 3.63) is 18.0 Å². The van der Waals surface area contributed by atoms with Crippen LogP contribution in [0.15, 0.2) is 12.3 Å². The summed E-state index contributed by atoms with van der Waals surface area (Å²) in [6.45, 7) is 3.42. The molecule has 0 bridgehead atoms. The van der Waals surface area contributed by atoms with Crippen molar-refractivity contribution in [1.82, 2.24) is 9.78 Å². The van der Waals surface area contributed by atoms with E-state index in [2.05, 4.69) is 5.10 Å². The number of aryl methyl sites for hydroxylation is 1. The Bertz CT molecular complexity index is 234. The van der Waals surface area contributed by atoms with Crippen molar-refractivity contribution in [1.29, 1.82) is 0 Å². The van der Waals surface area contributed by atoms with Crippen LogP contribution in [-0.2, 0) is 11.3 Å². The van der Waals surface area contributed by atoms with E-state index < -0.39 is 0 Å². The number of nitrogens with two attached hydrogens (primary N) is 1. The zero-order valence-corrected chi connectivity index (χ0v) is 7.53. The zero-order valence-electron chi connectivity index (χ0n) is 7.53. The Morgan fingerprint density at radius 1 is 1.75 bits per heavy atom. The number of hydrogen-bond acceptors (Lipinski definition) is 3. The fourth-order valence-electron chi connectivity index (χ4n) is 1.19. The quantitative estimate of drug-likeness (QED) is 0.716.